The SMILES string of the molecule is NS(=O)(=O)OCC1=C(c2ccccc2[N+](=O)[O-])OC(c2ccccc2)O1. The standard InChI is InChI=1S/C16H14N2O7S/c17-26(21,22)23-10-14-15(12-8-4-5-9-13(12)18(19)20)25-16(24-14)11-6-2-1-3-7-11/h1-9,16H,10H2,(H2,17,21,22). The molecule has 2 aromatic carbocycles. The Morgan fingerprint density at radius 3 is 2.38 bits per heavy atom. The fraction of sp³-hybridized carbons (Fsp3) is 0.125. The first kappa shape index (κ1) is 17.9. The number of nitro groups is 1. The summed E-state index contributed by atoms with van der Waals surface area (Å²) >= 11 is 0. The molecule has 0 aliphatic carbocycles. The minimum Gasteiger partial charge on any atom is -0.449 e. The smallest absolute Gasteiger partial charge is 0.333 e. The van der Waals surface area contributed by atoms with Crippen LogP contribution in [0.3, 0.4) is 0 Å². The lowest BCUT2D eigenvalue weighted by molar-refractivity contribution is -0.385. The Morgan fingerprint density at radius 1 is 1.08 bits per heavy atom. The van der Waals surface area contributed by atoms with Crippen molar-refractivity contribution in [3.05, 3.63) is 81.6 Å². The van der Waals surface area contributed by atoms with E-state index in [1.165, 1.54) is 18.2 Å². The minimum absolute atomic E-state index is 0.0119. The fourth-order valence-corrected chi connectivity index (χ4v) is 2.67. The zero-order valence-corrected chi connectivity index (χ0v) is 14.1. The molecule has 1 aliphatic rings. The maximum atomic E-state index is 11.3. The monoisotopic (exact) mass is 378 g/mol. The van der Waals surface area contributed by atoms with Gasteiger partial charge in [-0.3, -0.25) is 10.1 Å². The van der Waals surface area contributed by atoms with Crippen molar-refractivity contribution in [3.63, 3.8) is 0 Å². The summed E-state index contributed by atoms with van der Waals surface area (Å²) in [5.74, 6) is 0.0111. The summed E-state index contributed by atoms with van der Waals surface area (Å²) in [6.45, 7) is -0.552. The van der Waals surface area contributed by atoms with Crippen LogP contribution in [0.15, 0.2) is 60.4 Å². The maximum absolute atomic E-state index is 11.3. The highest BCUT2D eigenvalue weighted by atomic mass is 32.2. The molecule has 1 aliphatic heterocycles. The van der Waals surface area contributed by atoms with Crippen LogP contribution >= 0.6 is 0 Å². The van der Waals surface area contributed by atoms with E-state index in [1.54, 1.807) is 36.4 Å². The number of benzene rings is 2. The third-order valence-electron chi connectivity index (χ3n) is 3.50. The minimum atomic E-state index is -4.23. The first-order chi connectivity index (χ1) is 12.3. The molecular weight excluding hydrogens is 364 g/mol. The average molecular weight is 378 g/mol. The molecule has 0 amide bonds. The molecule has 1 unspecified atom stereocenters. The van der Waals surface area contributed by atoms with Crippen molar-refractivity contribution in [1.82, 2.24) is 0 Å². The van der Waals surface area contributed by atoms with Gasteiger partial charge in [0.2, 0.25) is 0 Å². The molecule has 1 heterocycles. The van der Waals surface area contributed by atoms with Crippen LogP contribution in [0.25, 0.3) is 5.76 Å². The van der Waals surface area contributed by atoms with E-state index in [0.717, 1.165) is 0 Å². The number of nitro benzene ring substituents is 1. The topological polar surface area (TPSA) is 131 Å². The molecule has 10 heteroatoms. The van der Waals surface area contributed by atoms with E-state index in [4.69, 9.17) is 14.6 Å². The van der Waals surface area contributed by atoms with Crippen LogP contribution in [0.4, 0.5) is 5.69 Å². The second kappa shape index (κ2) is 7.12. The van der Waals surface area contributed by atoms with Crippen LogP contribution in [-0.4, -0.2) is 19.9 Å². The van der Waals surface area contributed by atoms with E-state index in [9.17, 15) is 18.5 Å². The number of rotatable bonds is 6. The largest absolute Gasteiger partial charge is 0.449 e. The summed E-state index contributed by atoms with van der Waals surface area (Å²) in [5, 5.41) is 16.1. The van der Waals surface area contributed by atoms with Gasteiger partial charge >= 0.3 is 10.3 Å². The second-order valence-corrected chi connectivity index (χ2v) is 6.48. The average Bonchev–Trinajstić information content (AvgIpc) is 3.04. The first-order valence-corrected chi connectivity index (χ1v) is 8.84. The van der Waals surface area contributed by atoms with Crippen molar-refractivity contribution in [2.24, 2.45) is 5.14 Å². The van der Waals surface area contributed by atoms with Crippen molar-refractivity contribution in [3.8, 4) is 0 Å². The van der Waals surface area contributed by atoms with Gasteiger partial charge in [-0.1, -0.05) is 42.5 Å². The van der Waals surface area contributed by atoms with Gasteiger partial charge < -0.3 is 9.47 Å². The van der Waals surface area contributed by atoms with Crippen LogP contribution in [0.2, 0.25) is 0 Å². The molecule has 0 saturated carbocycles. The molecule has 0 bridgehead atoms. The number of ether oxygens (including phenoxy) is 2. The van der Waals surface area contributed by atoms with Crippen molar-refractivity contribution in [2.75, 3.05) is 6.61 Å². The lowest BCUT2D eigenvalue weighted by Gasteiger charge is -2.12. The Morgan fingerprint density at radius 2 is 1.73 bits per heavy atom. The summed E-state index contributed by atoms with van der Waals surface area (Å²) in [6, 6.07) is 14.7. The second-order valence-electron chi connectivity index (χ2n) is 5.26. The molecule has 9 nitrogen and oxygen atoms in total. The summed E-state index contributed by atoms with van der Waals surface area (Å²) in [6.07, 6.45) is -0.898. The third kappa shape index (κ3) is 3.99. The first-order valence-electron chi connectivity index (χ1n) is 7.37. The molecule has 1 atom stereocenters. The Bertz CT molecular complexity index is 958. The number of nitrogens with zero attached hydrogens (tertiary/aromatic N) is 1. The van der Waals surface area contributed by atoms with Gasteiger partial charge in [0.1, 0.15) is 6.61 Å². The van der Waals surface area contributed by atoms with Crippen molar-refractivity contribution in [1.29, 1.82) is 0 Å². The third-order valence-corrected chi connectivity index (χ3v) is 3.95. The van der Waals surface area contributed by atoms with E-state index >= 15 is 0 Å². The quantitative estimate of drug-likeness (QED) is 0.602. The van der Waals surface area contributed by atoms with Gasteiger partial charge in [-0.2, -0.15) is 8.42 Å². The normalized spacial score (nSPS) is 16.9. The highest BCUT2D eigenvalue weighted by Crippen LogP contribution is 2.41. The molecule has 136 valence electrons. The highest BCUT2D eigenvalue weighted by molar-refractivity contribution is 7.84. The molecule has 2 aromatic rings. The maximum Gasteiger partial charge on any atom is 0.333 e. The predicted octanol–water partition coefficient (Wildman–Crippen LogP) is 2.23. The lowest BCUT2D eigenvalue weighted by atomic mass is 10.1. The molecule has 0 spiro atoms. The van der Waals surface area contributed by atoms with Crippen molar-refractivity contribution >= 4 is 21.8 Å². The molecule has 26 heavy (non-hydrogen) atoms. The van der Waals surface area contributed by atoms with Crippen LogP contribution in [0.5, 0.6) is 0 Å². The van der Waals surface area contributed by atoms with Gasteiger partial charge in [0.05, 0.1) is 10.5 Å². The van der Waals surface area contributed by atoms with E-state index in [1.807, 2.05) is 0 Å². The number of para-hydroxylation sites is 1. The van der Waals surface area contributed by atoms with Gasteiger partial charge in [0.15, 0.2) is 11.5 Å². The Hall–Kier alpha value is -2.95. The number of hydrogen-bond acceptors (Lipinski definition) is 7. The van der Waals surface area contributed by atoms with Crippen LogP contribution in [-0.2, 0) is 24.0 Å². The van der Waals surface area contributed by atoms with Gasteiger partial charge in [-0.15, -0.1) is 0 Å². The molecule has 0 aromatic heterocycles. The molecular formula is C16H14N2O7S. The molecule has 0 fully saturated rings. The zero-order valence-electron chi connectivity index (χ0n) is 13.3. The number of hydrogen-bond donors (Lipinski definition) is 1. The van der Waals surface area contributed by atoms with E-state index in [0.29, 0.717) is 5.56 Å². The highest BCUT2D eigenvalue weighted by Gasteiger charge is 2.33. The molecule has 0 saturated heterocycles. The Kier molecular flexibility index (Phi) is 4.89. The van der Waals surface area contributed by atoms with Crippen molar-refractivity contribution < 1.29 is 27.0 Å². The van der Waals surface area contributed by atoms with Gasteiger partial charge in [-0.05, 0) is 6.07 Å². The van der Waals surface area contributed by atoms with Gasteiger partial charge in [-0.25, -0.2) is 9.32 Å². The predicted molar refractivity (Wildman–Crippen MR) is 90.4 cm³/mol. The fourth-order valence-electron chi connectivity index (χ4n) is 2.40. The molecule has 2 N–H and O–H groups in total. The van der Waals surface area contributed by atoms with E-state index in [2.05, 4.69) is 4.18 Å². The Labute approximate surface area is 149 Å². The van der Waals surface area contributed by atoms with Crippen LogP contribution in [0.1, 0.15) is 17.4 Å². The summed E-state index contributed by atoms with van der Waals surface area (Å²) < 4.78 is 38.1. The summed E-state index contributed by atoms with van der Waals surface area (Å²) in [4.78, 5) is 10.7. The summed E-state index contributed by atoms with van der Waals surface area (Å²) in [7, 11) is -4.23. The van der Waals surface area contributed by atoms with Crippen molar-refractivity contribution in [2.45, 2.75) is 6.29 Å². The molecule has 0 radical (unpaired) electrons. The Balaban J connectivity index is 2.00. The molecule has 3 rings (SSSR count). The zero-order chi connectivity index (χ0) is 18.7. The van der Waals surface area contributed by atoms with E-state index in [-0.39, 0.29) is 22.8 Å². The number of nitrogens with two attached hydrogens (primary N) is 1. The van der Waals surface area contributed by atoms with Crippen LogP contribution in [0, 0.1) is 10.1 Å². The van der Waals surface area contributed by atoms with Gasteiger partial charge in [0, 0.05) is 11.6 Å². The summed E-state index contributed by atoms with van der Waals surface area (Å²) in [5.41, 5.74) is 0.575. The van der Waals surface area contributed by atoms with E-state index < -0.39 is 28.1 Å². The van der Waals surface area contributed by atoms with Gasteiger partial charge in [0.25, 0.3) is 12.0 Å². The lowest BCUT2D eigenvalue weighted by Crippen LogP contribution is -2.17. The van der Waals surface area contributed by atoms with Crippen LogP contribution < -0.4 is 5.14 Å².